The molecule has 2 N–H and O–H groups in total. The number of nitrogens with one attached hydrogen (secondary N) is 2. The molecular formula is C15H28N2O2. The van der Waals surface area contributed by atoms with Crippen LogP contribution in [-0.2, 0) is 9.53 Å². The Morgan fingerprint density at radius 1 is 1.32 bits per heavy atom. The number of hydrogen-bond donors (Lipinski definition) is 2. The lowest BCUT2D eigenvalue weighted by Gasteiger charge is -2.35. The van der Waals surface area contributed by atoms with E-state index in [9.17, 15) is 4.79 Å². The zero-order chi connectivity index (χ0) is 13.8. The molecule has 2 fully saturated rings. The summed E-state index contributed by atoms with van der Waals surface area (Å²) < 4.78 is 5.41. The summed E-state index contributed by atoms with van der Waals surface area (Å²) in [5.74, 6) is 0.257. The lowest BCUT2D eigenvalue weighted by molar-refractivity contribution is -0.131. The fourth-order valence-electron chi connectivity index (χ4n) is 3.27. The van der Waals surface area contributed by atoms with E-state index >= 15 is 0 Å². The number of hydrogen-bond acceptors (Lipinski definition) is 3. The van der Waals surface area contributed by atoms with E-state index in [0.29, 0.717) is 0 Å². The van der Waals surface area contributed by atoms with E-state index in [-0.39, 0.29) is 16.7 Å². The average Bonchev–Trinajstić information content (AvgIpc) is 2.87. The van der Waals surface area contributed by atoms with Crippen molar-refractivity contribution in [3.05, 3.63) is 0 Å². The Bertz CT molecular complexity index is 305. The third-order valence-electron chi connectivity index (χ3n) is 4.83. The van der Waals surface area contributed by atoms with Crippen LogP contribution in [0.3, 0.4) is 0 Å². The zero-order valence-electron chi connectivity index (χ0n) is 12.4. The molecule has 4 heteroatoms. The molecule has 2 aliphatic rings. The van der Waals surface area contributed by atoms with E-state index in [0.717, 1.165) is 65.0 Å². The van der Waals surface area contributed by atoms with Crippen molar-refractivity contribution in [2.75, 3.05) is 32.8 Å². The normalized spacial score (nSPS) is 30.2. The summed E-state index contributed by atoms with van der Waals surface area (Å²) in [5.41, 5.74) is 0.0592. The van der Waals surface area contributed by atoms with Gasteiger partial charge in [-0.15, -0.1) is 0 Å². The van der Waals surface area contributed by atoms with Crippen LogP contribution in [0.25, 0.3) is 0 Å². The van der Waals surface area contributed by atoms with E-state index in [1.165, 1.54) is 0 Å². The molecule has 2 aliphatic heterocycles. The molecule has 0 aromatic heterocycles. The number of rotatable bonds is 5. The number of carbonyl (C=O) groups excluding carboxylic acids is 1. The number of carbonyl (C=O) groups is 1. The van der Waals surface area contributed by atoms with Gasteiger partial charge in [0.15, 0.2) is 0 Å². The Labute approximate surface area is 116 Å². The van der Waals surface area contributed by atoms with Crippen LogP contribution < -0.4 is 10.6 Å². The first-order valence-electron chi connectivity index (χ1n) is 7.67. The van der Waals surface area contributed by atoms with E-state index in [1.807, 2.05) is 0 Å². The van der Waals surface area contributed by atoms with Crippen molar-refractivity contribution in [3.63, 3.8) is 0 Å². The standard InChI is InChI=1S/C15H28N2O2/c1-3-4-15(5-8-16-12-15)13(18)17-11-14(2)6-9-19-10-7-14/h16H,3-12H2,1-2H3,(H,17,18). The molecule has 2 heterocycles. The van der Waals surface area contributed by atoms with E-state index in [1.54, 1.807) is 0 Å². The van der Waals surface area contributed by atoms with Crippen LogP contribution in [0.15, 0.2) is 0 Å². The van der Waals surface area contributed by atoms with Crippen LogP contribution in [0.4, 0.5) is 0 Å². The Morgan fingerprint density at radius 3 is 2.63 bits per heavy atom. The Hall–Kier alpha value is -0.610. The van der Waals surface area contributed by atoms with Crippen LogP contribution in [0.2, 0.25) is 0 Å². The summed E-state index contributed by atoms with van der Waals surface area (Å²) in [6.45, 7) is 8.68. The van der Waals surface area contributed by atoms with Crippen molar-refractivity contribution in [1.29, 1.82) is 0 Å². The van der Waals surface area contributed by atoms with Crippen molar-refractivity contribution in [2.24, 2.45) is 10.8 Å². The number of ether oxygens (including phenoxy) is 1. The molecule has 0 aliphatic carbocycles. The van der Waals surface area contributed by atoms with Gasteiger partial charge in [0.2, 0.25) is 5.91 Å². The van der Waals surface area contributed by atoms with Crippen molar-refractivity contribution in [3.8, 4) is 0 Å². The molecule has 110 valence electrons. The predicted molar refractivity (Wildman–Crippen MR) is 76.0 cm³/mol. The molecule has 0 spiro atoms. The third-order valence-corrected chi connectivity index (χ3v) is 4.83. The Morgan fingerprint density at radius 2 is 2.05 bits per heavy atom. The fraction of sp³-hybridized carbons (Fsp3) is 0.933. The highest BCUT2D eigenvalue weighted by molar-refractivity contribution is 5.83. The van der Waals surface area contributed by atoms with Gasteiger partial charge in [0.05, 0.1) is 5.41 Å². The van der Waals surface area contributed by atoms with Gasteiger partial charge in [-0.2, -0.15) is 0 Å². The Balaban J connectivity index is 1.88. The van der Waals surface area contributed by atoms with Crippen molar-refractivity contribution in [2.45, 2.75) is 46.0 Å². The second-order valence-corrected chi connectivity index (χ2v) is 6.56. The van der Waals surface area contributed by atoms with E-state index < -0.39 is 0 Å². The maximum absolute atomic E-state index is 12.6. The van der Waals surface area contributed by atoms with Gasteiger partial charge < -0.3 is 15.4 Å². The molecule has 0 radical (unpaired) electrons. The van der Waals surface area contributed by atoms with Crippen molar-refractivity contribution >= 4 is 5.91 Å². The van der Waals surface area contributed by atoms with Crippen molar-refractivity contribution < 1.29 is 9.53 Å². The van der Waals surface area contributed by atoms with Crippen LogP contribution >= 0.6 is 0 Å². The molecule has 4 nitrogen and oxygen atoms in total. The highest BCUT2D eigenvalue weighted by Crippen LogP contribution is 2.33. The summed E-state index contributed by atoms with van der Waals surface area (Å²) in [6, 6.07) is 0. The quantitative estimate of drug-likeness (QED) is 0.798. The SMILES string of the molecule is CCCC1(C(=O)NCC2(C)CCOCC2)CCNC1. The average molecular weight is 268 g/mol. The number of amides is 1. The highest BCUT2D eigenvalue weighted by Gasteiger charge is 2.41. The van der Waals surface area contributed by atoms with Gasteiger partial charge >= 0.3 is 0 Å². The maximum Gasteiger partial charge on any atom is 0.227 e. The molecular weight excluding hydrogens is 240 g/mol. The van der Waals surface area contributed by atoms with Gasteiger partial charge in [-0.05, 0) is 37.6 Å². The lowest BCUT2D eigenvalue weighted by Crippen LogP contribution is -2.47. The topological polar surface area (TPSA) is 50.4 Å². The molecule has 0 saturated carbocycles. The molecule has 0 bridgehead atoms. The van der Waals surface area contributed by atoms with Gasteiger partial charge in [-0.3, -0.25) is 4.79 Å². The zero-order valence-corrected chi connectivity index (χ0v) is 12.4. The molecule has 2 rings (SSSR count). The fourth-order valence-corrected chi connectivity index (χ4v) is 3.27. The maximum atomic E-state index is 12.6. The van der Waals surface area contributed by atoms with Crippen LogP contribution in [0.5, 0.6) is 0 Å². The summed E-state index contributed by atoms with van der Waals surface area (Å²) in [6.07, 6.45) is 5.14. The molecule has 2 saturated heterocycles. The van der Waals surface area contributed by atoms with E-state index in [2.05, 4.69) is 24.5 Å². The third kappa shape index (κ3) is 3.48. The van der Waals surface area contributed by atoms with Crippen molar-refractivity contribution in [1.82, 2.24) is 10.6 Å². The largest absolute Gasteiger partial charge is 0.381 e. The van der Waals surface area contributed by atoms with Crippen LogP contribution in [0.1, 0.15) is 46.0 Å². The highest BCUT2D eigenvalue weighted by atomic mass is 16.5. The smallest absolute Gasteiger partial charge is 0.227 e. The van der Waals surface area contributed by atoms with Gasteiger partial charge in [-0.1, -0.05) is 20.3 Å². The summed E-state index contributed by atoms with van der Waals surface area (Å²) in [5, 5.41) is 6.57. The second kappa shape index (κ2) is 6.23. The Kier molecular flexibility index (Phi) is 4.85. The molecule has 0 aromatic carbocycles. The van der Waals surface area contributed by atoms with E-state index in [4.69, 9.17) is 4.74 Å². The van der Waals surface area contributed by atoms with Gasteiger partial charge in [0.1, 0.15) is 0 Å². The summed E-state index contributed by atoms with van der Waals surface area (Å²) in [7, 11) is 0. The van der Waals surface area contributed by atoms with Gasteiger partial charge in [0, 0.05) is 26.3 Å². The molecule has 1 atom stereocenters. The first kappa shape index (κ1) is 14.8. The van der Waals surface area contributed by atoms with Gasteiger partial charge in [0.25, 0.3) is 0 Å². The minimum atomic E-state index is -0.156. The molecule has 19 heavy (non-hydrogen) atoms. The summed E-state index contributed by atoms with van der Waals surface area (Å²) >= 11 is 0. The molecule has 1 unspecified atom stereocenters. The first-order chi connectivity index (χ1) is 9.10. The van der Waals surface area contributed by atoms with Gasteiger partial charge in [-0.25, -0.2) is 0 Å². The molecule has 1 amide bonds. The first-order valence-corrected chi connectivity index (χ1v) is 7.67. The monoisotopic (exact) mass is 268 g/mol. The minimum absolute atomic E-state index is 0.156. The van der Waals surface area contributed by atoms with Crippen LogP contribution in [0, 0.1) is 10.8 Å². The minimum Gasteiger partial charge on any atom is -0.381 e. The van der Waals surface area contributed by atoms with Crippen LogP contribution in [-0.4, -0.2) is 38.8 Å². The molecule has 0 aromatic rings. The lowest BCUT2D eigenvalue weighted by atomic mass is 9.79. The second-order valence-electron chi connectivity index (χ2n) is 6.56. The summed E-state index contributed by atoms with van der Waals surface area (Å²) in [4.78, 5) is 12.6. The predicted octanol–water partition coefficient (Wildman–Crippen LogP) is 1.70.